The van der Waals surface area contributed by atoms with Crippen LogP contribution in [0.4, 0.5) is 0 Å². The number of nitrogens with zero attached hydrogens (tertiary/aromatic N) is 1. The van der Waals surface area contributed by atoms with Crippen LogP contribution in [0, 0.1) is 13.8 Å². The third kappa shape index (κ3) is 5.09. The van der Waals surface area contributed by atoms with Crippen LogP contribution in [0.25, 0.3) is 0 Å². The Morgan fingerprint density at radius 3 is 2.57 bits per heavy atom. The highest BCUT2D eigenvalue weighted by atomic mass is 79.9. The number of furan rings is 1. The number of nitrogens with one attached hydrogen (secondary N) is 1. The molecule has 5 nitrogen and oxygen atoms in total. The van der Waals surface area contributed by atoms with Crippen molar-refractivity contribution in [2.45, 2.75) is 13.8 Å². The zero-order valence-corrected chi connectivity index (χ0v) is 16.3. The monoisotopic (exact) mass is 462 g/mol. The highest BCUT2D eigenvalue weighted by Gasteiger charge is 2.07. The van der Waals surface area contributed by atoms with Gasteiger partial charge in [0.15, 0.2) is 11.3 Å². The fourth-order valence-corrected chi connectivity index (χ4v) is 2.48. The van der Waals surface area contributed by atoms with E-state index in [9.17, 15) is 4.79 Å². The molecular formula is C15H13Br2ClN2O3. The van der Waals surface area contributed by atoms with E-state index in [2.05, 4.69) is 42.4 Å². The normalized spacial score (nSPS) is 11.0. The molecule has 0 saturated carbocycles. The maximum absolute atomic E-state index is 11.7. The van der Waals surface area contributed by atoms with Crippen LogP contribution in [0.2, 0.25) is 5.02 Å². The van der Waals surface area contributed by atoms with E-state index in [1.165, 1.54) is 6.21 Å². The molecule has 0 atom stereocenters. The predicted molar refractivity (Wildman–Crippen MR) is 96.3 cm³/mol. The largest absolute Gasteiger partial charge is 0.484 e. The maximum Gasteiger partial charge on any atom is 0.277 e. The summed E-state index contributed by atoms with van der Waals surface area (Å²) in [7, 11) is 0. The molecule has 1 heterocycles. The van der Waals surface area contributed by atoms with Gasteiger partial charge in [-0.25, -0.2) is 5.43 Å². The fourth-order valence-electron chi connectivity index (χ4n) is 1.77. The van der Waals surface area contributed by atoms with Crippen LogP contribution in [0.1, 0.15) is 16.9 Å². The molecule has 0 aliphatic heterocycles. The zero-order valence-electron chi connectivity index (χ0n) is 12.3. The quantitative estimate of drug-likeness (QED) is 0.520. The lowest BCUT2D eigenvalue weighted by Crippen LogP contribution is -2.24. The summed E-state index contributed by atoms with van der Waals surface area (Å²) in [4.78, 5) is 11.7. The second kappa shape index (κ2) is 7.99. The molecule has 8 heteroatoms. The SMILES string of the molecule is Cc1cc(OCC(=O)N/N=C/c2cc(Br)c(Br)o2)cc(C)c1Cl. The van der Waals surface area contributed by atoms with E-state index >= 15 is 0 Å². The summed E-state index contributed by atoms with van der Waals surface area (Å²) in [6, 6.07) is 5.28. The molecule has 0 aliphatic rings. The van der Waals surface area contributed by atoms with Crippen LogP contribution in [0.5, 0.6) is 5.75 Å². The minimum atomic E-state index is -0.379. The molecule has 0 spiro atoms. The second-order valence-corrected chi connectivity index (χ2v) is 6.68. The Kier molecular flexibility index (Phi) is 6.26. The smallest absolute Gasteiger partial charge is 0.277 e. The van der Waals surface area contributed by atoms with E-state index in [1.54, 1.807) is 18.2 Å². The third-order valence-electron chi connectivity index (χ3n) is 2.83. The summed E-state index contributed by atoms with van der Waals surface area (Å²) in [5, 5.41) is 4.49. The Morgan fingerprint density at radius 1 is 1.35 bits per heavy atom. The molecule has 0 aliphatic carbocycles. The molecule has 1 amide bonds. The van der Waals surface area contributed by atoms with Crippen LogP contribution >= 0.6 is 43.5 Å². The zero-order chi connectivity index (χ0) is 17.0. The average molecular weight is 465 g/mol. The summed E-state index contributed by atoms with van der Waals surface area (Å²) >= 11 is 12.6. The first-order chi connectivity index (χ1) is 10.9. The maximum atomic E-state index is 11.7. The van der Waals surface area contributed by atoms with Crippen LogP contribution in [0.15, 0.2) is 36.9 Å². The molecule has 1 aromatic heterocycles. The third-order valence-corrected chi connectivity index (χ3v) is 5.13. The Labute approximate surface area is 155 Å². The van der Waals surface area contributed by atoms with Gasteiger partial charge >= 0.3 is 0 Å². The number of aryl methyl sites for hydroxylation is 2. The van der Waals surface area contributed by atoms with Crippen molar-refractivity contribution >= 4 is 55.6 Å². The van der Waals surface area contributed by atoms with Crippen molar-refractivity contribution in [3.63, 3.8) is 0 Å². The lowest BCUT2D eigenvalue weighted by atomic mass is 10.1. The van der Waals surface area contributed by atoms with Gasteiger partial charge < -0.3 is 9.15 Å². The Morgan fingerprint density at radius 2 is 2.00 bits per heavy atom. The topological polar surface area (TPSA) is 63.8 Å². The van der Waals surface area contributed by atoms with Crippen molar-refractivity contribution in [1.29, 1.82) is 0 Å². The number of hydrogen-bond donors (Lipinski definition) is 1. The number of benzene rings is 1. The van der Waals surface area contributed by atoms with E-state index in [1.807, 2.05) is 13.8 Å². The highest BCUT2D eigenvalue weighted by molar-refractivity contribution is 9.13. The van der Waals surface area contributed by atoms with E-state index in [4.69, 9.17) is 20.8 Å². The summed E-state index contributed by atoms with van der Waals surface area (Å²) in [5.41, 5.74) is 4.15. The molecule has 2 rings (SSSR count). The van der Waals surface area contributed by atoms with E-state index in [-0.39, 0.29) is 12.5 Å². The Balaban J connectivity index is 1.85. The number of carbonyl (C=O) groups is 1. The molecule has 2 aromatic rings. The molecule has 122 valence electrons. The molecule has 0 unspecified atom stereocenters. The lowest BCUT2D eigenvalue weighted by Gasteiger charge is -2.09. The van der Waals surface area contributed by atoms with Gasteiger partial charge in [0.25, 0.3) is 5.91 Å². The van der Waals surface area contributed by atoms with Crippen molar-refractivity contribution in [1.82, 2.24) is 5.43 Å². The summed E-state index contributed by atoms with van der Waals surface area (Å²) in [6.45, 7) is 3.61. The minimum Gasteiger partial charge on any atom is -0.484 e. The fraction of sp³-hybridized carbons (Fsp3) is 0.200. The number of ether oxygens (including phenoxy) is 1. The van der Waals surface area contributed by atoms with Crippen LogP contribution in [-0.4, -0.2) is 18.7 Å². The number of hydrazone groups is 1. The van der Waals surface area contributed by atoms with Crippen molar-refractivity contribution in [3.05, 3.63) is 49.3 Å². The first-order valence-corrected chi connectivity index (χ1v) is 8.49. The molecular weight excluding hydrogens is 451 g/mol. The van der Waals surface area contributed by atoms with Crippen LogP contribution in [0.3, 0.4) is 0 Å². The summed E-state index contributed by atoms with van der Waals surface area (Å²) < 4.78 is 12.0. The first kappa shape index (κ1) is 18.0. The minimum absolute atomic E-state index is 0.149. The van der Waals surface area contributed by atoms with Gasteiger partial charge in [-0.2, -0.15) is 5.10 Å². The summed E-state index contributed by atoms with van der Waals surface area (Å²) in [5.74, 6) is 0.701. The van der Waals surface area contributed by atoms with Gasteiger partial charge in [0.1, 0.15) is 11.5 Å². The molecule has 0 fully saturated rings. The lowest BCUT2D eigenvalue weighted by molar-refractivity contribution is -0.123. The van der Waals surface area contributed by atoms with E-state index < -0.39 is 0 Å². The molecule has 0 saturated heterocycles. The Hall–Kier alpha value is -1.31. The highest BCUT2D eigenvalue weighted by Crippen LogP contribution is 2.26. The van der Waals surface area contributed by atoms with E-state index in [0.717, 1.165) is 15.6 Å². The predicted octanol–water partition coefficient (Wildman–Crippen LogP) is 4.60. The second-order valence-electron chi connectivity index (χ2n) is 4.72. The van der Waals surface area contributed by atoms with Gasteiger partial charge in [0.05, 0.1) is 10.7 Å². The van der Waals surface area contributed by atoms with Gasteiger partial charge in [-0.3, -0.25) is 4.79 Å². The number of halogens is 3. The molecule has 0 radical (unpaired) electrons. The molecule has 1 N–H and O–H groups in total. The van der Waals surface area contributed by atoms with Gasteiger partial charge in [0.2, 0.25) is 0 Å². The molecule has 23 heavy (non-hydrogen) atoms. The van der Waals surface area contributed by atoms with Crippen LogP contribution in [-0.2, 0) is 4.79 Å². The molecule has 0 bridgehead atoms. The number of hydrogen-bond acceptors (Lipinski definition) is 4. The Bertz CT molecular complexity index is 717. The average Bonchev–Trinajstić information content (AvgIpc) is 2.81. The van der Waals surface area contributed by atoms with Gasteiger partial charge in [0, 0.05) is 11.1 Å². The van der Waals surface area contributed by atoms with Gasteiger partial charge in [-0.05, 0) is 69.0 Å². The van der Waals surface area contributed by atoms with Crippen LogP contribution < -0.4 is 10.2 Å². The van der Waals surface area contributed by atoms with Crippen molar-refractivity contribution in [2.24, 2.45) is 5.10 Å². The van der Waals surface area contributed by atoms with Gasteiger partial charge in [-0.15, -0.1) is 0 Å². The van der Waals surface area contributed by atoms with Crippen molar-refractivity contribution in [2.75, 3.05) is 6.61 Å². The number of amides is 1. The molecule has 1 aromatic carbocycles. The number of rotatable bonds is 5. The van der Waals surface area contributed by atoms with Gasteiger partial charge in [-0.1, -0.05) is 11.6 Å². The van der Waals surface area contributed by atoms with Crippen molar-refractivity contribution < 1.29 is 13.9 Å². The van der Waals surface area contributed by atoms with Crippen molar-refractivity contribution in [3.8, 4) is 5.75 Å². The standard InChI is InChI=1S/C15H13Br2ClN2O3/c1-8-3-10(4-9(2)14(8)18)22-7-13(21)20-19-6-11-5-12(16)15(17)23-11/h3-6H,7H2,1-2H3,(H,20,21)/b19-6+. The number of carbonyl (C=O) groups excluding carboxylic acids is 1. The first-order valence-electron chi connectivity index (χ1n) is 6.53. The summed E-state index contributed by atoms with van der Waals surface area (Å²) in [6.07, 6.45) is 1.39. The van der Waals surface area contributed by atoms with E-state index in [0.29, 0.717) is 21.2 Å².